The van der Waals surface area contributed by atoms with Crippen LogP contribution in [0.1, 0.15) is 30.3 Å². The van der Waals surface area contributed by atoms with Crippen molar-refractivity contribution in [3.63, 3.8) is 0 Å². The van der Waals surface area contributed by atoms with Crippen molar-refractivity contribution in [2.24, 2.45) is 0 Å². The summed E-state index contributed by atoms with van der Waals surface area (Å²) in [6, 6.07) is 16.7. The highest BCUT2D eigenvalue weighted by Crippen LogP contribution is 2.22. The molecule has 0 aliphatic carbocycles. The van der Waals surface area contributed by atoms with Crippen LogP contribution in [0.2, 0.25) is 0 Å². The predicted octanol–water partition coefficient (Wildman–Crippen LogP) is 4.17. The number of benzene rings is 2. The lowest BCUT2D eigenvalue weighted by molar-refractivity contribution is 0.0750. The van der Waals surface area contributed by atoms with E-state index in [1.54, 1.807) is 24.3 Å². The van der Waals surface area contributed by atoms with E-state index >= 15 is 0 Å². The fraction of sp³-hybridized carbons (Fsp3) is 0.294. The van der Waals surface area contributed by atoms with Crippen LogP contribution in [0.3, 0.4) is 0 Å². The number of halogens is 2. The van der Waals surface area contributed by atoms with Crippen molar-refractivity contribution >= 4 is 15.9 Å². The van der Waals surface area contributed by atoms with E-state index in [2.05, 4.69) is 21.2 Å². The zero-order chi connectivity index (χ0) is 15.2. The number of hydrogen-bond donors (Lipinski definition) is 2. The molecule has 0 saturated carbocycles. The number of alkyl halides is 1. The van der Waals surface area contributed by atoms with Gasteiger partial charge in [-0.25, -0.2) is 4.39 Å². The quantitative estimate of drug-likeness (QED) is 0.818. The van der Waals surface area contributed by atoms with Crippen LogP contribution in [-0.2, 0) is 0 Å². The summed E-state index contributed by atoms with van der Waals surface area (Å²) < 4.78 is 15.2. The van der Waals surface area contributed by atoms with E-state index in [9.17, 15) is 9.50 Å². The molecule has 2 N–H and O–H groups in total. The average molecular weight is 352 g/mol. The summed E-state index contributed by atoms with van der Waals surface area (Å²) in [6.07, 6.45) is -2.44. The topological polar surface area (TPSA) is 32.3 Å². The van der Waals surface area contributed by atoms with E-state index in [1.165, 1.54) is 0 Å². The van der Waals surface area contributed by atoms with Gasteiger partial charge in [0.05, 0.1) is 0 Å². The Bertz CT molecular complexity index is 546. The molecule has 0 aliphatic rings. The van der Waals surface area contributed by atoms with Crippen LogP contribution in [0.25, 0.3) is 0 Å². The van der Waals surface area contributed by atoms with E-state index in [0.717, 1.165) is 10.0 Å². The summed E-state index contributed by atoms with van der Waals surface area (Å²) >= 11 is 3.39. The number of aliphatic hydroxyl groups excluding tert-OH is 1. The molecule has 112 valence electrons. The average Bonchev–Trinajstić information content (AvgIpc) is 2.53. The first-order valence-corrected chi connectivity index (χ1v) is 7.73. The van der Waals surface area contributed by atoms with Crippen molar-refractivity contribution in [3.8, 4) is 0 Å². The molecule has 0 aliphatic heterocycles. The van der Waals surface area contributed by atoms with Crippen molar-refractivity contribution in [1.82, 2.24) is 5.32 Å². The first kappa shape index (κ1) is 16.1. The molecular formula is C17H19BrFNO. The molecule has 0 radical (unpaired) electrons. The Balaban J connectivity index is 1.88. The van der Waals surface area contributed by atoms with Gasteiger partial charge in [0.2, 0.25) is 0 Å². The molecule has 0 saturated heterocycles. The number of hydrogen-bond acceptors (Lipinski definition) is 2. The van der Waals surface area contributed by atoms with E-state index in [0.29, 0.717) is 5.56 Å². The van der Waals surface area contributed by atoms with Crippen LogP contribution in [-0.4, -0.2) is 17.8 Å². The van der Waals surface area contributed by atoms with Crippen LogP contribution < -0.4 is 5.32 Å². The van der Waals surface area contributed by atoms with E-state index in [4.69, 9.17) is 0 Å². The molecule has 2 nitrogen and oxygen atoms in total. The van der Waals surface area contributed by atoms with Gasteiger partial charge in [0, 0.05) is 17.1 Å². The third-order valence-corrected chi connectivity index (χ3v) is 3.99. The highest BCUT2D eigenvalue weighted by molar-refractivity contribution is 9.10. The van der Waals surface area contributed by atoms with Crippen LogP contribution >= 0.6 is 15.9 Å². The SMILES string of the molecule is C[C@H](NC[C@H](O)[C@H](F)c1ccccc1)c1ccc(Br)cc1. The smallest absolute Gasteiger partial charge is 0.152 e. The van der Waals surface area contributed by atoms with Gasteiger partial charge in [0.25, 0.3) is 0 Å². The molecule has 0 heterocycles. The zero-order valence-corrected chi connectivity index (χ0v) is 13.4. The molecule has 0 spiro atoms. The van der Waals surface area contributed by atoms with Crippen molar-refractivity contribution < 1.29 is 9.50 Å². The third kappa shape index (κ3) is 4.63. The van der Waals surface area contributed by atoms with E-state index in [1.807, 2.05) is 37.3 Å². The lowest BCUT2D eigenvalue weighted by Gasteiger charge is -2.20. The van der Waals surface area contributed by atoms with Gasteiger partial charge >= 0.3 is 0 Å². The fourth-order valence-corrected chi connectivity index (χ4v) is 2.39. The van der Waals surface area contributed by atoms with Gasteiger partial charge in [-0.05, 0) is 30.2 Å². The summed E-state index contributed by atoms with van der Waals surface area (Å²) in [6.45, 7) is 2.19. The minimum Gasteiger partial charge on any atom is -0.388 e. The maximum absolute atomic E-state index is 14.1. The zero-order valence-electron chi connectivity index (χ0n) is 11.8. The molecule has 0 aromatic heterocycles. The third-order valence-electron chi connectivity index (χ3n) is 3.46. The van der Waals surface area contributed by atoms with Crippen molar-refractivity contribution in [3.05, 3.63) is 70.2 Å². The van der Waals surface area contributed by atoms with Gasteiger partial charge in [0.1, 0.15) is 6.10 Å². The first-order chi connectivity index (χ1) is 10.1. The first-order valence-electron chi connectivity index (χ1n) is 6.94. The molecule has 4 heteroatoms. The van der Waals surface area contributed by atoms with Crippen molar-refractivity contribution in [2.75, 3.05) is 6.54 Å². The van der Waals surface area contributed by atoms with Gasteiger partial charge in [-0.15, -0.1) is 0 Å². The molecule has 0 bridgehead atoms. The van der Waals surface area contributed by atoms with Gasteiger partial charge in [-0.2, -0.15) is 0 Å². The van der Waals surface area contributed by atoms with Gasteiger partial charge in [-0.3, -0.25) is 0 Å². The molecule has 2 aromatic carbocycles. The summed E-state index contributed by atoms with van der Waals surface area (Å²) in [5, 5.41) is 13.1. The normalized spacial score (nSPS) is 15.4. The second-order valence-electron chi connectivity index (χ2n) is 5.06. The monoisotopic (exact) mass is 351 g/mol. The lowest BCUT2D eigenvalue weighted by Crippen LogP contribution is -2.32. The van der Waals surface area contributed by atoms with Crippen molar-refractivity contribution in [2.45, 2.75) is 25.2 Å². The Kier molecular flexibility index (Phi) is 5.91. The number of nitrogens with one attached hydrogen (secondary N) is 1. The van der Waals surface area contributed by atoms with E-state index in [-0.39, 0.29) is 12.6 Å². The van der Waals surface area contributed by atoms with Crippen LogP contribution in [0.15, 0.2) is 59.1 Å². The number of rotatable bonds is 6. The Morgan fingerprint density at radius 2 is 1.67 bits per heavy atom. The second kappa shape index (κ2) is 7.69. The van der Waals surface area contributed by atoms with Crippen LogP contribution in [0, 0.1) is 0 Å². The highest BCUT2D eigenvalue weighted by atomic mass is 79.9. The van der Waals surface area contributed by atoms with Gasteiger partial charge in [0.15, 0.2) is 6.17 Å². The Morgan fingerprint density at radius 1 is 1.05 bits per heavy atom. The number of aliphatic hydroxyl groups is 1. The summed E-state index contributed by atoms with van der Waals surface area (Å²) in [4.78, 5) is 0. The molecule has 0 unspecified atom stereocenters. The summed E-state index contributed by atoms with van der Waals surface area (Å²) in [7, 11) is 0. The van der Waals surface area contributed by atoms with Crippen molar-refractivity contribution in [1.29, 1.82) is 0 Å². The Morgan fingerprint density at radius 3 is 2.29 bits per heavy atom. The fourth-order valence-electron chi connectivity index (χ4n) is 2.13. The Hall–Kier alpha value is -1.23. The molecule has 0 amide bonds. The lowest BCUT2D eigenvalue weighted by atomic mass is 10.0. The van der Waals surface area contributed by atoms with Crippen LogP contribution in [0.4, 0.5) is 4.39 Å². The molecule has 0 fully saturated rings. The molecule has 2 rings (SSSR count). The molecular weight excluding hydrogens is 333 g/mol. The second-order valence-corrected chi connectivity index (χ2v) is 5.98. The van der Waals surface area contributed by atoms with Gasteiger partial charge < -0.3 is 10.4 Å². The minimum atomic E-state index is -1.38. The maximum atomic E-state index is 14.1. The standard InChI is InChI=1S/C17H19BrFNO/c1-12(13-7-9-15(18)10-8-13)20-11-16(21)17(19)14-5-3-2-4-6-14/h2-10,12,16-17,20-21H,11H2,1H3/t12-,16-,17+/m0/s1. The largest absolute Gasteiger partial charge is 0.388 e. The van der Waals surface area contributed by atoms with Gasteiger partial charge in [-0.1, -0.05) is 58.4 Å². The summed E-state index contributed by atoms with van der Waals surface area (Å²) in [5.41, 5.74) is 1.60. The van der Waals surface area contributed by atoms with Crippen LogP contribution in [0.5, 0.6) is 0 Å². The van der Waals surface area contributed by atoms with E-state index < -0.39 is 12.3 Å². The predicted molar refractivity (Wildman–Crippen MR) is 86.9 cm³/mol. The molecule has 21 heavy (non-hydrogen) atoms. The summed E-state index contributed by atoms with van der Waals surface area (Å²) in [5.74, 6) is 0. The highest BCUT2D eigenvalue weighted by Gasteiger charge is 2.20. The molecule has 2 aromatic rings. The molecule has 3 atom stereocenters. The minimum absolute atomic E-state index is 0.0516. The Labute approximate surface area is 133 Å². The maximum Gasteiger partial charge on any atom is 0.152 e.